The van der Waals surface area contributed by atoms with Crippen LogP contribution in [0.25, 0.3) is 0 Å². The first-order valence-corrected chi connectivity index (χ1v) is 4.58. The lowest BCUT2D eigenvalue weighted by Gasteiger charge is -2.25. The number of hydrogen-bond donors (Lipinski definition) is 1. The molecule has 1 atom stereocenters. The lowest BCUT2D eigenvalue weighted by atomic mass is 9.85. The summed E-state index contributed by atoms with van der Waals surface area (Å²) < 4.78 is 0. The van der Waals surface area contributed by atoms with E-state index >= 15 is 0 Å². The van der Waals surface area contributed by atoms with Crippen LogP contribution in [0.3, 0.4) is 0 Å². The molecule has 0 aliphatic carbocycles. The molecule has 1 rings (SSSR count). The highest BCUT2D eigenvalue weighted by atomic mass is 35.5. The predicted molar refractivity (Wildman–Crippen MR) is 53.7 cm³/mol. The molecule has 1 aromatic rings. The van der Waals surface area contributed by atoms with Crippen molar-refractivity contribution in [2.24, 2.45) is 5.41 Å². The fourth-order valence-electron chi connectivity index (χ4n) is 1.09. The maximum atomic E-state index is 9.90. The molecule has 0 aliphatic rings. The lowest BCUT2D eigenvalue weighted by molar-refractivity contribution is 0.0626. The minimum Gasteiger partial charge on any atom is -0.388 e. The number of rotatable bonds is 1. The minimum absolute atomic E-state index is 0.176. The third-order valence-corrected chi connectivity index (χ3v) is 2.09. The summed E-state index contributed by atoms with van der Waals surface area (Å²) in [6.07, 6.45) is 1.10. The number of pyridine rings is 1. The Labute approximate surface area is 83.6 Å². The molecule has 0 aromatic carbocycles. The van der Waals surface area contributed by atoms with Gasteiger partial charge in [-0.1, -0.05) is 32.4 Å². The molecule has 1 heterocycles. The Morgan fingerprint density at radius 3 is 2.54 bits per heavy atom. The fraction of sp³-hybridized carbons (Fsp3) is 0.500. The molecular weight excluding hydrogens is 186 g/mol. The summed E-state index contributed by atoms with van der Waals surface area (Å²) in [4.78, 5) is 3.86. The lowest BCUT2D eigenvalue weighted by Crippen LogP contribution is -2.17. The molecular formula is C10H14ClNO. The van der Waals surface area contributed by atoms with Crippen LogP contribution in [-0.2, 0) is 0 Å². The summed E-state index contributed by atoms with van der Waals surface area (Å²) in [6, 6.07) is 3.47. The Kier molecular flexibility index (Phi) is 2.94. The van der Waals surface area contributed by atoms with Crippen molar-refractivity contribution in [3.05, 3.63) is 29.0 Å². The number of aliphatic hydroxyl groups excluding tert-OH is 1. The minimum atomic E-state index is -0.506. The topological polar surface area (TPSA) is 33.1 Å². The van der Waals surface area contributed by atoms with Gasteiger partial charge in [-0.2, -0.15) is 0 Å². The van der Waals surface area contributed by atoms with Gasteiger partial charge in [0.05, 0.1) is 6.10 Å². The van der Waals surface area contributed by atoms with Crippen molar-refractivity contribution >= 4 is 11.6 Å². The van der Waals surface area contributed by atoms with E-state index in [4.69, 9.17) is 11.6 Å². The van der Waals surface area contributed by atoms with Gasteiger partial charge in [0.1, 0.15) is 5.15 Å². The average molecular weight is 200 g/mol. The van der Waals surface area contributed by atoms with Gasteiger partial charge in [-0.15, -0.1) is 0 Å². The van der Waals surface area contributed by atoms with E-state index in [2.05, 4.69) is 4.98 Å². The van der Waals surface area contributed by atoms with Gasteiger partial charge in [0, 0.05) is 6.20 Å². The molecule has 0 saturated carbocycles. The van der Waals surface area contributed by atoms with Crippen molar-refractivity contribution < 1.29 is 5.11 Å². The summed E-state index contributed by atoms with van der Waals surface area (Å²) in [5, 5.41) is 10.3. The van der Waals surface area contributed by atoms with E-state index in [-0.39, 0.29) is 5.41 Å². The molecule has 3 heteroatoms. The molecule has 1 unspecified atom stereocenters. The second kappa shape index (κ2) is 3.64. The first kappa shape index (κ1) is 10.5. The summed E-state index contributed by atoms with van der Waals surface area (Å²) in [5.41, 5.74) is 0.637. The van der Waals surface area contributed by atoms with Gasteiger partial charge < -0.3 is 5.11 Å². The maximum absolute atomic E-state index is 9.90. The first-order chi connectivity index (χ1) is 5.91. The van der Waals surface area contributed by atoms with E-state index in [0.717, 1.165) is 5.56 Å². The fourth-order valence-corrected chi connectivity index (χ4v) is 1.27. The second-order valence-corrected chi connectivity index (χ2v) is 4.57. The molecule has 13 heavy (non-hydrogen) atoms. The third kappa shape index (κ3) is 2.68. The third-order valence-electron chi connectivity index (χ3n) is 1.89. The van der Waals surface area contributed by atoms with Crippen LogP contribution in [-0.4, -0.2) is 10.1 Å². The summed E-state index contributed by atoms with van der Waals surface area (Å²) >= 11 is 5.72. The summed E-state index contributed by atoms with van der Waals surface area (Å²) in [6.45, 7) is 5.93. The normalized spacial score (nSPS) is 14.2. The molecule has 0 bridgehead atoms. The Morgan fingerprint density at radius 1 is 1.46 bits per heavy atom. The molecule has 1 N–H and O–H groups in total. The highest BCUT2D eigenvalue weighted by Crippen LogP contribution is 2.32. The molecule has 0 aliphatic heterocycles. The average Bonchev–Trinajstić information content (AvgIpc) is 2.01. The molecule has 72 valence electrons. The number of nitrogens with zero attached hydrogens (tertiary/aromatic N) is 1. The van der Waals surface area contributed by atoms with Crippen molar-refractivity contribution in [2.75, 3.05) is 0 Å². The van der Waals surface area contributed by atoms with Gasteiger partial charge in [-0.3, -0.25) is 0 Å². The van der Waals surface area contributed by atoms with E-state index in [1.165, 1.54) is 0 Å². The summed E-state index contributed by atoms with van der Waals surface area (Å²) in [7, 11) is 0. The van der Waals surface area contributed by atoms with Crippen LogP contribution in [0.15, 0.2) is 18.3 Å². The monoisotopic (exact) mass is 199 g/mol. The van der Waals surface area contributed by atoms with Gasteiger partial charge in [-0.05, 0) is 23.1 Å². The van der Waals surface area contributed by atoms with Gasteiger partial charge in [0.25, 0.3) is 0 Å². The van der Waals surface area contributed by atoms with Gasteiger partial charge in [-0.25, -0.2) is 4.98 Å². The van der Waals surface area contributed by atoms with E-state index in [1.54, 1.807) is 18.3 Å². The van der Waals surface area contributed by atoms with Crippen LogP contribution < -0.4 is 0 Å². The molecule has 2 nitrogen and oxygen atoms in total. The SMILES string of the molecule is CC(C)(C)C(O)c1ccnc(Cl)c1. The van der Waals surface area contributed by atoms with E-state index in [9.17, 15) is 5.11 Å². The molecule has 0 radical (unpaired) electrons. The molecule has 0 amide bonds. The van der Waals surface area contributed by atoms with Crippen LogP contribution in [0.4, 0.5) is 0 Å². The highest BCUT2D eigenvalue weighted by molar-refractivity contribution is 6.29. The van der Waals surface area contributed by atoms with Crippen LogP contribution in [0.2, 0.25) is 5.15 Å². The van der Waals surface area contributed by atoms with Crippen LogP contribution >= 0.6 is 11.6 Å². The standard InChI is InChI=1S/C10H14ClNO/c1-10(2,3)9(13)7-4-5-12-8(11)6-7/h4-6,9,13H,1-3H3. The predicted octanol–water partition coefficient (Wildman–Crippen LogP) is 2.81. The first-order valence-electron chi connectivity index (χ1n) is 4.21. The van der Waals surface area contributed by atoms with E-state index in [0.29, 0.717) is 5.15 Å². The van der Waals surface area contributed by atoms with Crippen LogP contribution in [0.1, 0.15) is 32.4 Å². The van der Waals surface area contributed by atoms with Crippen molar-refractivity contribution in [1.29, 1.82) is 0 Å². The zero-order valence-electron chi connectivity index (χ0n) is 8.08. The van der Waals surface area contributed by atoms with E-state index in [1.807, 2.05) is 20.8 Å². The smallest absolute Gasteiger partial charge is 0.129 e. The van der Waals surface area contributed by atoms with Crippen molar-refractivity contribution in [3.8, 4) is 0 Å². The Bertz CT molecular complexity index is 293. The van der Waals surface area contributed by atoms with Crippen LogP contribution in [0.5, 0.6) is 0 Å². The zero-order chi connectivity index (χ0) is 10.1. The van der Waals surface area contributed by atoms with Crippen LogP contribution in [0, 0.1) is 5.41 Å². The Hall–Kier alpha value is -0.600. The van der Waals surface area contributed by atoms with E-state index < -0.39 is 6.10 Å². The number of hydrogen-bond acceptors (Lipinski definition) is 2. The molecule has 1 aromatic heterocycles. The van der Waals surface area contributed by atoms with Crippen molar-refractivity contribution in [3.63, 3.8) is 0 Å². The number of aliphatic hydroxyl groups is 1. The number of aromatic nitrogens is 1. The van der Waals surface area contributed by atoms with Crippen molar-refractivity contribution in [2.45, 2.75) is 26.9 Å². The Balaban J connectivity index is 2.96. The maximum Gasteiger partial charge on any atom is 0.129 e. The van der Waals surface area contributed by atoms with Gasteiger partial charge >= 0.3 is 0 Å². The molecule has 0 fully saturated rings. The largest absolute Gasteiger partial charge is 0.388 e. The summed E-state index contributed by atoms with van der Waals surface area (Å²) in [5.74, 6) is 0. The quantitative estimate of drug-likeness (QED) is 0.706. The molecule has 0 spiro atoms. The Morgan fingerprint density at radius 2 is 2.08 bits per heavy atom. The molecule has 0 saturated heterocycles. The zero-order valence-corrected chi connectivity index (χ0v) is 8.84. The van der Waals surface area contributed by atoms with Gasteiger partial charge in [0.15, 0.2) is 0 Å². The second-order valence-electron chi connectivity index (χ2n) is 4.18. The van der Waals surface area contributed by atoms with Crippen molar-refractivity contribution in [1.82, 2.24) is 4.98 Å². The number of halogens is 1. The van der Waals surface area contributed by atoms with Gasteiger partial charge in [0.2, 0.25) is 0 Å². The highest BCUT2D eigenvalue weighted by Gasteiger charge is 2.23.